The molecule has 0 aliphatic rings. The Morgan fingerprint density at radius 1 is 1.11 bits per heavy atom. The first-order chi connectivity index (χ1) is 8.97. The zero-order valence-electron chi connectivity index (χ0n) is 12.4. The molecule has 1 unspecified atom stereocenters. The van der Waals surface area contributed by atoms with Gasteiger partial charge in [0.2, 0.25) is 0 Å². The summed E-state index contributed by atoms with van der Waals surface area (Å²) in [5.41, 5.74) is 6.07. The van der Waals surface area contributed by atoms with E-state index < -0.39 is 0 Å². The van der Waals surface area contributed by atoms with Gasteiger partial charge in [-0.05, 0) is 40.2 Å². The zero-order valence-corrected chi connectivity index (χ0v) is 12.4. The van der Waals surface area contributed by atoms with Gasteiger partial charge in [0, 0.05) is 18.2 Å². The predicted molar refractivity (Wildman–Crippen MR) is 77.1 cm³/mol. The highest BCUT2D eigenvalue weighted by atomic mass is 16.5. The van der Waals surface area contributed by atoms with Gasteiger partial charge in [-0.3, -0.25) is 0 Å². The molecule has 0 saturated carbocycles. The third-order valence-electron chi connectivity index (χ3n) is 3.42. The molecule has 0 bridgehead atoms. The third kappa shape index (κ3) is 3.24. The molecule has 0 aliphatic heterocycles. The summed E-state index contributed by atoms with van der Waals surface area (Å²) in [7, 11) is 0. The average Bonchev–Trinajstić information content (AvgIpc) is 2.65. The van der Waals surface area contributed by atoms with Gasteiger partial charge in [-0.2, -0.15) is 0 Å². The van der Waals surface area contributed by atoms with Crippen molar-refractivity contribution in [2.75, 3.05) is 0 Å². The molecule has 1 N–H and O–H groups in total. The highest BCUT2D eigenvalue weighted by Gasteiger charge is 2.15. The summed E-state index contributed by atoms with van der Waals surface area (Å²) in [5, 5.41) is 7.54. The number of aromatic nitrogens is 1. The predicted octanol–water partition coefficient (Wildman–Crippen LogP) is 3.76. The Kier molecular flexibility index (Phi) is 4.05. The van der Waals surface area contributed by atoms with E-state index in [-0.39, 0.29) is 6.04 Å². The van der Waals surface area contributed by atoms with Crippen molar-refractivity contribution < 1.29 is 4.52 Å². The number of hydrogen-bond donors (Lipinski definition) is 1. The van der Waals surface area contributed by atoms with E-state index in [4.69, 9.17) is 4.52 Å². The number of aryl methyl sites for hydroxylation is 4. The van der Waals surface area contributed by atoms with E-state index in [1.54, 1.807) is 0 Å². The molecule has 102 valence electrons. The Morgan fingerprint density at radius 3 is 2.26 bits per heavy atom. The SMILES string of the molecule is Cc1cc(C)cc(CNC(C)c2c(C)noc2C)c1. The molecule has 0 saturated heterocycles. The molecule has 0 aliphatic carbocycles. The van der Waals surface area contributed by atoms with Crippen LogP contribution in [0.15, 0.2) is 22.7 Å². The number of nitrogens with zero attached hydrogens (tertiary/aromatic N) is 1. The molecule has 1 atom stereocenters. The Hall–Kier alpha value is -1.61. The second-order valence-electron chi connectivity index (χ2n) is 5.34. The molecule has 1 heterocycles. The van der Waals surface area contributed by atoms with Crippen LogP contribution in [0.4, 0.5) is 0 Å². The van der Waals surface area contributed by atoms with Gasteiger partial charge in [-0.25, -0.2) is 0 Å². The van der Waals surface area contributed by atoms with Crippen LogP contribution in [0.1, 0.15) is 46.7 Å². The summed E-state index contributed by atoms with van der Waals surface area (Å²) >= 11 is 0. The zero-order chi connectivity index (χ0) is 14.0. The molecule has 3 heteroatoms. The van der Waals surface area contributed by atoms with E-state index in [1.807, 2.05) is 13.8 Å². The van der Waals surface area contributed by atoms with Crippen LogP contribution >= 0.6 is 0 Å². The standard InChI is InChI=1S/C16H22N2O/c1-10-6-11(2)8-15(7-10)9-17-12(3)16-13(4)18-19-14(16)5/h6-8,12,17H,9H2,1-5H3. The second-order valence-corrected chi connectivity index (χ2v) is 5.34. The maximum atomic E-state index is 5.22. The first-order valence-electron chi connectivity index (χ1n) is 6.70. The molecule has 0 amide bonds. The van der Waals surface area contributed by atoms with Gasteiger partial charge in [-0.15, -0.1) is 0 Å². The lowest BCUT2D eigenvalue weighted by molar-refractivity contribution is 0.390. The lowest BCUT2D eigenvalue weighted by Gasteiger charge is -2.14. The Bertz CT molecular complexity index is 532. The third-order valence-corrected chi connectivity index (χ3v) is 3.42. The number of rotatable bonds is 4. The largest absolute Gasteiger partial charge is 0.361 e. The fourth-order valence-electron chi connectivity index (χ4n) is 2.65. The quantitative estimate of drug-likeness (QED) is 0.907. The van der Waals surface area contributed by atoms with E-state index in [0.29, 0.717) is 0 Å². The van der Waals surface area contributed by atoms with Crippen LogP contribution in [0.3, 0.4) is 0 Å². The van der Waals surface area contributed by atoms with E-state index in [0.717, 1.165) is 18.0 Å². The number of hydrogen-bond acceptors (Lipinski definition) is 3. The minimum Gasteiger partial charge on any atom is -0.361 e. The van der Waals surface area contributed by atoms with Gasteiger partial charge >= 0.3 is 0 Å². The lowest BCUT2D eigenvalue weighted by Crippen LogP contribution is -2.19. The molecule has 0 spiro atoms. The molecule has 19 heavy (non-hydrogen) atoms. The van der Waals surface area contributed by atoms with Crippen LogP contribution in [-0.4, -0.2) is 5.16 Å². The van der Waals surface area contributed by atoms with Crippen LogP contribution in [-0.2, 0) is 6.54 Å². The van der Waals surface area contributed by atoms with Gasteiger partial charge < -0.3 is 9.84 Å². The van der Waals surface area contributed by atoms with E-state index in [2.05, 4.69) is 49.4 Å². The molecular weight excluding hydrogens is 236 g/mol. The fraction of sp³-hybridized carbons (Fsp3) is 0.438. The first kappa shape index (κ1) is 13.8. The molecule has 0 fully saturated rings. The summed E-state index contributed by atoms with van der Waals surface area (Å²) in [6.07, 6.45) is 0. The van der Waals surface area contributed by atoms with Crippen LogP contribution in [0.25, 0.3) is 0 Å². The van der Waals surface area contributed by atoms with E-state index >= 15 is 0 Å². The minimum absolute atomic E-state index is 0.243. The van der Waals surface area contributed by atoms with Gasteiger partial charge in [0.25, 0.3) is 0 Å². The first-order valence-corrected chi connectivity index (χ1v) is 6.70. The van der Waals surface area contributed by atoms with E-state index in [1.165, 1.54) is 22.3 Å². The number of benzene rings is 1. The summed E-state index contributed by atoms with van der Waals surface area (Å²) < 4.78 is 5.22. The van der Waals surface area contributed by atoms with E-state index in [9.17, 15) is 0 Å². The smallest absolute Gasteiger partial charge is 0.138 e. The summed E-state index contributed by atoms with van der Waals surface area (Å²) in [6.45, 7) is 11.2. The van der Waals surface area contributed by atoms with Crippen LogP contribution in [0.5, 0.6) is 0 Å². The Balaban J connectivity index is 2.06. The van der Waals surface area contributed by atoms with Gasteiger partial charge in [0.15, 0.2) is 0 Å². The Morgan fingerprint density at radius 2 is 1.74 bits per heavy atom. The normalized spacial score (nSPS) is 12.7. The van der Waals surface area contributed by atoms with Crippen molar-refractivity contribution in [1.29, 1.82) is 0 Å². The monoisotopic (exact) mass is 258 g/mol. The van der Waals surface area contributed by atoms with Crippen molar-refractivity contribution in [3.63, 3.8) is 0 Å². The molecule has 1 aromatic heterocycles. The molecule has 1 aromatic carbocycles. The van der Waals surface area contributed by atoms with Crippen molar-refractivity contribution >= 4 is 0 Å². The molecule has 2 rings (SSSR count). The van der Waals surface area contributed by atoms with Gasteiger partial charge in [0.05, 0.1) is 5.69 Å². The lowest BCUT2D eigenvalue weighted by atomic mass is 10.0. The highest BCUT2D eigenvalue weighted by Crippen LogP contribution is 2.21. The van der Waals surface area contributed by atoms with Crippen LogP contribution in [0, 0.1) is 27.7 Å². The van der Waals surface area contributed by atoms with Crippen molar-refractivity contribution in [2.45, 2.75) is 47.2 Å². The van der Waals surface area contributed by atoms with Crippen molar-refractivity contribution in [3.8, 4) is 0 Å². The van der Waals surface area contributed by atoms with Crippen molar-refractivity contribution in [3.05, 3.63) is 51.9 Å². The molecular formula is C16H22N2O. The minimum atomic E-state index is 0.243. The topological polar surface area (TPSA) is 38.1 Å². The van der Waals surface area contributed by atoms with Crippen molar-refractivity contribution in [1.82, 2.24) is 10.5 Å². The molecule has 3 nitrogen and oxygen atoms in total. The summed E-state index contributed by atoms with van der Waals surface area (Å²) in [6, 6.07) is 6.88. The maximum absolute atomic E-state index is 5.22. The van der Waals surface area contributed by atoms with Gasteiger partial charge in [-0.1, -0.05) is 34.5 Å². The van der Waals surface area contributed by atoms with Gasteiger partial charge in [0.1, 0.15) is 5.76 Å². The fourth-order valence-corrected chi connectivity index (χ4v) is 2.65. The average molecular weight is 258 g/mol. The van der Waals surface area contributed by atoms with Crippen molar-refractivity contribution in [2.24, 2.45) is 0 Å². The summed E-state index contributed by atoms with van der Waals surface area (Å²) in [5.74, 6) is 0.901. The molecule has 2 aromatic rings. The highest BCUT2D eigenvalue weighted by molar-refractivity contribution is 5.29. The number of nitrogens with one attached hydrogen (secondary N) is 1. The summed E-state index contributed by atoms with van der Waals surface area (Å²) in [4.78, 5) is 0. The van der Waals surface area contributed by atoms with Crippen LogP contribution in [0.2, 0.25) is 0 Å². The molecule has 0 radical (unpaired) electrons. The second kappa shape index (κ2) is 5.57. The Labute approximate surface area is 115 Å². The maximum Gasteiger partial charge on any atom is 0.138 e. The van der Waals surface area contributed by atoms with Crippen LogP contribution < -0.4 is 5.32 Å².